The number of carbonyl (C=O) groups excluding carboxylic acids is 1. The maximum absolute atomic E-state index is 12.4. The van der Waals surface area contributed by atoms with Gasteiger partial charge < -0.3 is 14.5 Å². The van der Waals surface area contributed by atoms with E-state index in [1.54, 1.807) is 11.1 Å². The van der Waals surface area contributed by atoms with Crippen molar-refractivity contribution >= 4 is 12.0 Å². The number of rotatable bonds is 2. The quantitative estimate of drug-likeness (QED) is 0.802. The van der Waals surface area contributed by atoms with Crippen molar-refractivity contribution in [3.05, 3.63) is 42.6 Å². The van der Waals surface area contributed by atoms with Crippen LogP contribution >= 0.6 is 0 Å². The van der Waals surface area contributed by atoms with Crippen LogP contribution in [0.15, 0.2) is 42.6 Å². The predicted octanol–water partition coefficient (Wildman–Crippen LogP) is 3.98. The highest BCUT2D eigenvalue weighted by Gasteiger charge is 2.35. The molecule has 0 radical (unpaired) electrons. The molecule has 144 valence electrons. The Kier molecular flexibility index (Phi) is 5.35. The number of piperazine rings is 1. The van der Waals surface area contributed by atoms with Gasteiger partial charge in [-0.15, -0.1) is 0 Å². The molecule has 0 unspecified atom stereocenters. The first kappa shape index (κ1) is 19.1. The molecule has 2 heterocycles. The van der Waals surface area contributed by atoms with Crippen LogP contribution in [0.5, 0.6) is 0 Å². The van der Waals surface area contributed by atoms with Gasteiger partial charge in [-0.3, -0.25) is 0 Å². The van der Waals surface area contributed by atoms with Crippen molar-refractivity contribution in [1.29, 1.82) is 0 Å². The lowest BCUT2D eigenvalue weighted by molar-refractivity contribution is 0.0192. The SMILES string of the molecule is C[C@@H]1CN(C(=O)OC(C)(C)C)C[C@H](C)N1c1nccc(-c2ccccc2)n1. The first-order valence-corrected chi connectivity index (χ1v) is 9.39. The van der Waals surface area contributed by atoms with Crippen LogP contribution in [0.3, 0.4) is 0 Å². The molecule has 1 aromatic heterocycles. The fourth-order valence-electron chi connectivity index (χ4n) is 3.44. The Balaban J connectivity index is 1.78. The highest BCUT2D eigenvalue weighted by molar-refractivity contribution is 5.69. The zero-order chi connectivity index (χ0) is 19.6. The van der Waals surface area contributed by atoms with E-state index >= 15 is 0 Å². The number of ether oxygens (including phenoxy) is 1. The van der Waals surface area contributed by atoms with Crippen molar-refractivity contribution < 1.29 is 9.53 Å². The Morgan fingerprint density at radius 3 is 2.30 bits per heavy atom. The third-order valence-corrected chi connectivity index (χ3v) is 4.51. The molecule has 2 atom stereocenters. The molecule has 1 saturated heterocycles. The molecule has 2 aromatic rings. The fraction of sp³-hybridized carbons (Fsp3) is 0.476. The maximum Gasteiger partial charge on any atom is 0.410 e. The maximum atomic E-state index is 12.4. The minimum atomic E-state index is -0.492. The molecule has 1 aromatic carbocycles. The first-order chi connectivity index (χ1) is 12.7. The molecule has 6 heteroatoms. The summed E-state index contributed by atoms with van der Waals surface area (Å²) in [4.78, 5) is 25.7. The van der Waals surface area contributed by atoms with Crippen molar-refractivity contribution in [3.63, 3.8) is 0 Å². The van der Waals surface area contributed by atoms with Crippen LogP contribution in [0.2, 0.25) is 0 Å². The minimum Gasteiger partial charge on any atom is -0.444 e. The van der Waals surface area contributed by atoms with Gasteiger partial charge in [0.2, 0.25) is 5.95 Å². The molecule has 3 rings (SSSR count). The van der Waals surface area contributed by atoms with E-state index in [4.69, 9.17) is 9.72 Å². The molecular formula is C21H28N4O2. The average molecular weight is 368 g/mol. The van der Waals surface area contributed by atoms with Crippen LogP contribution in [0.1, 0.15) is 34.6 Å². The second-order valence-electron chi connectivity index (χ2n) is 8.10. The molecule has 1 aliphatic rings. The molecule has 0 bridgehead atoms. The smallest absolute Gasteiger partial charge is 0.410 e. The molecule has 1 amide bonds. The van der Waals surface area contributed by atoms with Crippen molar-refractivity contribution in [3.8, 4) is 11.3 Å². The molecule has 0 spiro atoms. The Morgan fingerprint density at radius 1 is 1.07 bits per heavy atom. The molecule has 6 nitrogen and oxygen atoms in total. The third kappa shape index (κ3) is 4.56. The van der Waals surface area contributed by atoms with Gasteiger partial charge in [-0.2, -0.15) is 0 Å². The number of carbonyl (C=O) groups is 1. The number of aromatic nitrogens is 2. The molecule has 0 N–H and O–H groups in total. The van der Waals surface area contributed by atoms with Crippen molar-refractivity contribution in [2.24, 2.45) is 0 Å². The van der Waals surface area contributed by atoms with E-state index < -0.39 is 5.60 Å². The monoisotopic (exact) mass is 368 g/mol. The third-order valence-electron chi connectivity index (χ3n) is 4.51. The summed E-state index contributed by atoms with van der Waals surface area (Å²) in [5.74, 6) is 0.695. The van der Waals surface area contributed by atoms with Gasteiger partial charge in [0.1, 0.15) is 5.60 Å². The zero-order valence-electron chi connectivity index (χ0n) is 16.7. The van der Waals surface area contributed by atoms with Gasteiger partial charge in [0.15, 0.2) is 0 Å². The van der Waals surface area contributed by atoms with Crippen molar-refractivity contribution in [1.82, 2.24) is 14.9 Å². The van der Waals surface area contributed by atoms with Gasteiger partial charge in [-0.25, -0.2) is 14.8 Å². The number of benzene rings is 1. The van der Waals surface area contributed by atoms with Gasteiger partial charge in [0, 0.05) is 36.9 Å². The Morgan fingerprint density at radius 2 is 1.70 bits per heavy atom. The van der Waals surface area contributed by atoms with E-state index in [0.717, 1.165) is 11.3 Å². The summed E-state index contributed by atoms with van der Waals surface area (Å²) in [7, 11) is 0. The number of nitrogens with zero attached hydrogens (tertiary/aromatic N) is 4. The van der Waals surface area contributed by atoms with E-state index in [1.165, 1.54) is 0 Å². The van der Waals surface area contributed by atoms with Crippen LogP contribution in [0.4, 0.5) is 10.7 Å². The molecule has 1 fully saturated rings. The number of anilines is 1. The topological polar surface area (TPSA) is 58.6 Å². The number of hydrogen-bond acceptors (Lipinski definition) is 5. The summed E-state index contributed by atoms with van der Waals surface area (Å²) in [6.45, 7) is 11.0. The normalized spacial score (nSPS) is 20.5. The van der Waals surface area contributed by atoms with Crippen LogP contribution in [0.25, 0.3) is 11.3 Å². The molecule has 0 saturated carbocycles. The molecule has 0 aliphatic carbocycles. The second-order valence-corrected chi connectivity index (χ2v) is 8.10. The van der Waals surface area contributed by atoms with Crippen molar-refractivity contribution in [2.75, 3.05) is 18.0 Å². The van der Waals surface area contributed by atoms with Crippen LogP contribution in [0, 0.1) is 0 Å². The standard InChI is InChI=1S/C21H28N4O2/c1-15-13-24(20(26)27-21(3,4)5)14-16(2)25(15)19-22-12-11-18(23-19)17-9-7-6-8-10-17/h6-12,15-16H,13-14H2,1-5H3/t15-,16+. The van der Waals surface area contributed by atoms with Crippen LogP contribution < -0.4 is 4.90 Å². The lowest BCUT2D eigenvalue weighted by Crippen LogP contribution is -2.59. The highest BCUT2D eigenvalue weighted by atomic mass is 16.6. The minimum absolute atomic E-state index is 0.0901. The first-order valence-electron chi connectivity index (χ1n) is 9.39. The fourth-order valence-corrected chi connectivity index (χ4v) is 3.44. The number of amides is 1. The molecule has 27 heavy (non-hydrogen) atoms. The summed E-state index contributed by atoms with van der Waals surface area (Å²) in [5, 5.41) is 0. The Labute approximate surface area is 161 Å². The van der Waals surface area contributed by atoms with Gasteiger partial charge >= 0.3 is 6.09 Å². The van der Waals surface area contributed by atoms with Gasteiger partial charge in [-0.1, -0.05) is 30.3 Å². The predicted molar refractivity (Wildman–Crippen MR) is 107 cm³/mol. The lowest BCUT2D eigenvalue weighted by Gasteiger charge is -2.44. The number of hydrogen-bond donors (Lipinski definition) is 0. The van der Waals surface area contributed by atoms with E-state index in [-0.39, 0.29) is 18.2 Å². The lowest BCUT2D eigenvalue weighted by atomic mass is 10.1. The van der Waals surface area contributed by atoms with E-state index in [9.17, 15) is 4.79 Å². The molecule has 1 aliphatic heterocycles. The Bertz CT molecular complexity index is 776. The summed E-state index contributed by atoms with van der Waals surface area (Å²) >= 11 is 0. The van der Waals surface area contributed by atoms with Gasteiger partial charge in [0.25, 0.3) is 0 Å². The summed E-state index contributed by atoms with van der Waals surface area (Å²) < 4.78 is 5.53. The van der Waals surface area contributed by atoms with E-state index in [1.807, 2.05) is 57.2 Å². The van der Waals surface area contributed by atoms with Gasteiger partial charge in [0.05, 0.1) is 5.69 Å². The highest BCUT2D eigenvalue weighted by Crippen LogP contribution is 2.25. The molecular weight excluding hydrogens is 340 g/mol. The van der Waals surface area contributed by atoms with E-state index in [0.29, 0.717) is 19.0 Å². The second kappa shape index (κ2) is 7.55. The zero-order valence-corrected chi connectivity index (χ0v) is 16.7. The summed E-state index contributed by atoms with van der Waals surface area (Å²) in [5.41, 5.74) is 1.47. The van der Waals surface area contributed by atoms with Crippen molar-refractivity contribution in [2.45, 2.75) is 52.3 Å². The van der Waals surface area contributed by atoms with Crippen LogP contribution in [-0.2, 0) is 4.74 Å². The van der Waals surface area contributed by atoms with Crippen LogP contribution in [-0.4, -0.2) is 51.7 Å². The van der Waals surface area contributed by atoms with Gasteiger partial charge in [-0.05, 0) is 40.7 Å². The average Bonchev–Trinajstić information content (AvgIpc) is 2.61. The Hall–Kier alpha value is -2.63. The van der Waals surface area contributed by atoms with E-state index in [2.05, 4.69) is 23.7 Å². The summed E-state index contributed by atoms with van der Waals surface area (Å²) in [6, 6.07) is 12.2. The largest absolute Gasteiger partial charge is 0.444 e. The summed E-state index contributed by atoms with van der Waals surface area (Å²) in [6.07, 6.45) is 1.53.